The van der Waals surface area contributed by atoms with E-state index in [-0.39, 0.29) is 36.5 Å². The van der Waals surface area contributed by atoms with E-state index in [2.05, 4.69) is 15.6 Å². The molecule has 2 heterocycles. The van der Waals surface area contributed by atoms with Crippen LogP contribution in [0, 0.1) is 0 Å². The second kappa shape index (κ2) is 10.4. The molecule has 0 atom stereocenters. The van der Waals surface area contributed by atoms with Crippen molar-refractivity contribution in [2.75, 3.05) is 16.8 Å². The highest BCUT2D eigenvalue weighted by atomic mass is 32.1. The van der Waals surface area contributed by atoms with Crippen LogP contribution < -0.4 is 15.5 Å². The molecule has 4 amide bonds. The minimum atomic E-state index is -0.318. The lowest BCUT2D eigenvalue weighted by atomic mass is 10.1. The summed E-state index contributed by atoms with van der Waals surface area (Å²) in [7, 11) is 0. The summed E-state index contributed by atoms with van der Waals surface area (Å²) in [4.78, 5) is 52.9. The maximum Gasteiger partial charge on any atom is 0.257 e. The van der Waals surface area contributed by atoms with E-state index in [0.29, 0.717) is 22.9 Å². The van der Waals surface area contributed by atoms with Gasteiger partial charge in [-0.1, -0.05) is 24.3 Å². The predicted octanol–water partition coefficient (Wildman–Crippen LogP) is 3.78. The fraction of sp³-hybridized carbons (Fsp3) is 0.240. The number of hydrogen-bond donors (Lipinski definition) is 2. The first-order valence-corrected chi connectivity index (χ1v) is 11.8. The molecule has 0 radical (unpaired) electrons. The zero-order valence-corrected chi connectivity index (χ0v) is 19.5. The molecular formula is C25H24N4O4S. The summed E-state index contributed by atoms with van der Waals surface area (Å²) < 4.78 is 0. The first-order valence-electron chi connectivity index (χ1n) is 11.0. The largest absolute Gasteiger partial charge is 0.356 e. The SMILES string of the molecule is CC(=O)NCCCc1ccc(-c2csc(NC(=O)c3ccc(N4C(=O)CCC4=O)cc3)n2)cc1. The summed E-state index contributed by atoms with van der Waals surface area (Å²) in [6.45, 7) is 2.17. The monoisotopic (exact) mass is 476 g/mol. The van der Waals surface area contributed by atoms with Crippen molar-refractivity contribution in [3.63, 3.8) is 0 Å². The van der Waals surface area contributed by atoms with Gasteiger partial charge in [0.25, 0.3) is 5.91 Å². The van der Waals surface area contributed by atoms with Gasteiger partial charge in [0.15, 0.2) is 5.13 Å². The summed E-state index contributed by atoms with van der Waals surface area (Å²) in [5.41, 5.74) is 3.78. The van der Waals surface area contributed by atoms with Crippen molar-refractivity contribution in [3.8, 4) is 11.3 Å². The predicted molar refractivity (Wildman–Crippen MR) is 131 cm³/mol. The Bertz CT molecular complexity index is 1200. The number of rotatable bonds is 8. The number of carbonyl (C=O) groups excluding carboxylic acids is 4. The van der Waals surface area contributed by atoms with Gasteiger partial charge in [-0.2, -0.15) is 0 Å². The van der Waals surface area contributed by atoms with Crippen LogP contribution in [-0.4, -0.2) is 35.2 Å². The number of aryl methyl sites for hydroxylation is 1. The molecule has 1 aliphatic heterocycles. The molecule has 9 heteroatoms. The van der Waals surface area contributed by atoms with Gasteiger partial charge in [0.1, 0.15) is 0 Å². The first-order chi connectivity index (χ1) is 16.4. The number of benzene rings is 2. The topological polar surface area (TPSA) is 108 Å². The zero-order valence-electron chi connectivity index (χ0n) is 18.7. The van der Waals surface area contributed by atoms with E-state index in [9.17, 15) is 19.2 Å². The maximum absolute atomic E-state index is 12.6. The summed E-state index contributed by atoms with van der Waals surface area (Å²) in [5, 5.41) is 7.95. The van der Waals surface area contributed by atoms with E-state index in [1.807, 2.05) is 29.6 Å². The van der Waals surface area contributed by atoms with Gasteiger partial charge in [-0.3, -0.25) is 29.4 Å². The van der Waals surface area contributed by atoms with Crippen LogP contribution in [0.25, 0.3) is 11.3 Å². The summed E-state index contributed by atoms with van der Waals surface area (Å²) in [6.07, 6.45) is 2.18. The van der Waals surface area contributed by atoms with Gasteiger partial charge in [0.05, 0.1) is 11.4 Å². The van der Waals surface area contributed by atoms with Crippen molar-refractivity contribution in [3.05, 3.63) is 65.0 Å². The molecule has 0 unspecified atom stereocenters. The Labute approximate surface area is 201 Å². The average Bonchev–Trinajstić information content (AvgIpc) is 3.43. The number of imide groups is 1. The number of nitrogens with one attached hydrogen (secondary N) is 2. The fourth-order valence-corrected chi connectivity index (χ4v) is 4.37. The molecule has 1 saturated heterocycles. The van der Waals surface area contributed by atoms with Crippen molar-refractivity contribution in [1.82, 2.24) is 10.3 Å². The summed E-state index contributed by atoms with van der Waals surface area (Å²) >= 11 is 1.33. The number of carbonyl (C=O) groups is 4. The van der Waals surface area contributed by atoms with Crippen molar-refractivity contribution in [2.24, 2.45) is 0 Å². The Hall–Kier alpha value is -3.85. The third kappa shape index (κ3) is 5.55. The zero-order chi connectivity index (χ0) is 24.1. The third-order valence-corrected chi connectivity index (χ3v) is 6.19. The Kier molecular flexibility index (Phi) is 7.12. The molecule has 1 aliphatic rings. The molecule has 0 saturated carbocycles. The molecule has 34 heavy (non-hydrogen) atoms. The molecule has 0 spiro atoms. The molecule has 0 aliphatic carbocycles. The van der Waals surface area contributed by atoms with E-state index in [0.717, 1.165) is 29.0 Å². The van der Waals surface area contributed by atoms with Gasteiger partial charge in [-0.15, -0.1) is 11.3 Å². The molecule has 4 rings (SSSR count). The van der Waals surface area contributed by atoms with Crippen molar-refractivity contribution in [1.29, 1.82) is 0 Å². The lowest BCUT2D eigenvalue weighted by molar-refractivity contribution is -0.121. The number of thiazole rings is 1. The van der Waals surface area contributed by atoms with Gasteiger partial charge in [0, 0.05) is 42.8 Å². The standard InChI is InChI=1S/C25H24N4O4S/c1-16(30)26-14-2-3-17-4-6-18(7-5-17)21-15-34-25(27-21)28-24(33)19-8-10-20(11-9-19)29-22(31)12-13-23(29)32/h4-11,15H,2-3,12-14H2,1H3,(H,26,30)(H,27,28,33). The van der Waals surface area contributed by atoms with Crippen LogP contribution in [0.3, 0.4) is 0 Å². The third-order valence-electron chi connectivity index (χ3n) is 5.43. The van der Waals surface area contributed by atoms with Crippen LogP contribution in [0.2, 0.25) is 0 Å². The lowest BCUT2D eigenvalue weighted by Gasteiger charge is -2.13. The van der Waals surface area contributed by atoms with Crippen LogP contribution >= 0.6 is 11.3 Å². The van der Waals surface area contributed by atoms with Gasteiger partial charge in [0.2, 0.25) is 17.7 Å². The summed E-state index contributed by atoms with van der Waals surface area (Å²) in [6, 6.07) is 14.4. The Morgan fingerprint density at radius 3 is 2.32 bits per heavy atom. The molecule has 1 fully saturated rings. The molecule has 3 aromatic rings. The Morgan fingerprint density at radius 2 is 1.68 bits per heavy atom. The lowest BCUT2D eigenvalue weighted by Crippen LogP contribution is -2.28. The molecular weight excluding hydrogens is 452 g/mol. The van der Waals surface area contributed by atoms with Crippen LogP contribution in [0.4, 0.5) is 10.8 Å². The molecule has 1 aromatic heterocycles. The maximum atomic E-state index is 12.6. The van der Waals surface area contributed by atoms with Crippen LogP contribution in [0.15, 0.2) is 53.9 Å². The number of nitrogens with zero attached hydrogens (tertiary/aromatic N) is 2. The second-order valence-corrected chi connectivity index (χ2v) is 8.80. The van der Waals surface area contributed by atoms with E-state index in [4.69, 9.17) is 0 Å². The molecule has 174 valence electrons. The number of aromatic nitrogens is 1. The van der Waals surface area contributed by atoms with Crippen LogP contribution in [0.5, 0.6) is 0 Å². The van der Waals surface area contributed by atoms with Crippen LogP contribution in [-0.2, 0) is 20.8 Å². The smallest absolute Gasteiger partial charge is 0.257 e. The van der Waals surface area contributed by atoms with Gasteiger partial charge in [-0.25, -0.2) is 4.98 Å². The number of hydrogen-bond acceptors (Lipinski definition) is 6. The number of amides is 4. The Morgan fingerprint density at radius 1 is 1.00 bits per heavy atom. The van der Waals surface area contributed by atoms with Crippen molar-refractivity contribution < 1.29 is 19.2 Å². The van der Waals surface area contributed by atoms with E-state index in [1.54, 1.807) is 24.3 Å². The van der Waals surface area contributed by atoms with Gasteiger partial charge in [-0.05, 0) is 42.7 Å². The van der Waals surface area contributed by atoms with E-state index < -0.39 is 0 Å². The minimum absolute atomic E-state index is 0.0196. The molecule has 0 bridgehead atoms. The highest BCUT2D eigenvalue weighted by molar-refractivity contribution is 7.14. The van der Waals surface area contributed by atoms with Gasteiger partial charge >= 0.3 is 0 Å². The Balaban J connectivity index is 1.34. The van der Waals surface area contributed by atoms with Gasteiger partial charge < -0.3 is 5.32 Å². The van der Waals surface area contributed by atoms with Crippen molar-refractivity contribution in [2.45, 2.75) is 32.6 Å². The molecule has 2 aromatic carbocycles. The first kappa shape index (κ1) is 23.3. The van der Waals surface area contributed by atoms with Crippen LogP contribution in [0.1, 0.15) is 42.1 Å². The molecule has 8 nitrogen and oxygen atoms in total. The highest BCUT2D eigenvalue weighted by Gasteiger charge is 2.30. The fourth-order valence-electron chi connectivity index (χ4n) is 3.66. The number of anilines is 2. The average molecular weight is 477 g/mol. The van der Waals surface area contributed by atoms with Crippen molar-refractivity contribution >= 4 is 45.8 Å². The second-order valence-electron chi connectivity index (χ2n) is 7.95. The van der Waals surface area contributed by atoms with E-state index >= 15 is 0 Å². The summed E-state index contributed by atoms with van der Waals surface area (Å²) in [5.74, 6) is -0.791. The normalized spacial score (nSPS) is 13.3. The quantitative estimate of drug-likeness (QED) is 0.380. The molecule has 2 N–H and O–H groups in total. The minimum Gasteiger partial charge on any atom is -0.356 e. The highest BCUT2D eigenvalue weighted by Crippen LogP contribution is 2.27. The van der Waals surface area contributed by atoms with E-state index in [1.165, 1.54) is 23.8 Å².